The Hall–Kier alpha value is -3.53. The molecule has 5 rings (SSSR count). The number of rotatable bonds is 6. The molecule has 0 radical (unpaired) electrons. The summed E-state index contributed by atoms with van der Waals surface area (Å²) in [5.41, 5.74) is -2.23. The SMILES string of the molecule is CS(=O)(=O)c1cncc(C(=O)N2[C@@H](C(=O)N[C@@H](c3cc(F)c(C(F)(F)F)cc3F)C3CC3)C[C@H]3C#C[C@H]32)c1. The number of hydrogen-bond acceptors (Lipinski definition) is 5. The summed E-state index contributed by atoms with van der Waals surface area (Å²) in [6.45, 7) is 0. The molecule has 1 aromatic carbocycles. The second-order valence-corrected chi connectivity index (χ2v) is 11.7. The fraction of sp³-hybridized carbons (Fsp3) is 0.400. The van der Waals surface area contributed by atoms with Crippen LogP contribution in [0.25, 0.3) is 0 Å². The van der Waals surface area contributed by atoms with Gasteiger partial charge in [0.1, 0.15) is 23.7 Å². The van der Waals surface area contributed by atoms with E-state index in [9.17, 15) is 40.0 Å². The molecule has 2 aliphatic carbocycles. The minimum Gasteiger partial charge on any atom is -0.347 e. The molecule has 3 aliphatic rings. The van der Waals surface area contributed by atoms with Crippen molar-refractivity contribution in [2.45, 2.75) is 48.5 Å². The van der Waals surface area contributed by atoms with E-state index in [0.717, 1.165) is 18.5 Å². The van der Waals surface area contributed by atoms with Crippen molar-refractivity contribution in [3.63, 3.8) is 0 Å². The molecule has 0 unspecified atom stereocenters. The first-order valence-electron chi connectivity index (χ1n) is 11.6. The van der Waals surface area contributed by atoms with Gasteiger partial charge in [0.05, 0.1) is 28.0 Å². The van der Waals surface area contributed by atoms with Gasteiger partial charge in [-0.05, 0) is 43.4 Å². The zero-order valence-corrected chi connectivity index (χ0v) is 20.5. The summed E-state index contributed by atoms with van der Waals surface area (Å²) in [4.78, 5) is 31.6. The maximum Gasteiger partial charge on any atom is 0.419 e. The van der Waals surface area contributed by atoms with Crippen molar-refractivity contribution in [3.05, 3.63) is 58.9 Å². The number of amides is 2. The third kappa shape index (κ3) is 4.73. The summed E-state index contributed by atoms with van der Waals surface area (Å²) in [5, 5.41) is 2.62. The number of carbonyl (C=O) groups excluding carboxylic acids is 2. The molecule has 1 N–H and O–H groups in total. The van der Waals surface area contributed by atoms with Gasteiger partial charge in [-0.3, -0.25) is 14.6 Å². The van der Waals surface area contributed by atoms with Crippen LogP contribution in [-0.4, -0.2) is 48.5 Å². The molecule has 2 fully saturated rings. The molecule has 7 nitrogen and oxygen atoms in total. The Labute approximate surface area is 214 Å². The quantitative estimate of drug-likeness (QED) is 0.438. The number of fused-ring (bicyclic) bond motifs is 1. The molecular formula is C25H20F5N3O4S. The zero-order chi connectivity index (χ0) is 27.6. The minimum atomic E-state index is -5.09. The average molecular weight is 554 g/mol. The maximum absolute atomic E-state index is 14.8. The molecule has 200 valence electrons. The third-order valence-electron chi connectivity index (χ3n) is 6.95. The van der Waals surface area contributed by atoms with Crippen molar-refractivity contribution in [2.24, 2.45) is 11.8 Å². The highest BCUT2D eigenvalue weighted by Crippen LogP contribution is 2.44. The highest BCUT2D eigenvalue weighted by molar-refractivity contribution is 7.90. The van der Waals surface area contributed by atoms with Crippen molar-refractivity contribution >= 4 is 21.7 Å². The minimum absolute atomic E-state index is 0.0744. The third-order valence-corrected chi connectivity index (χ3v) is 8.03. The van der Waals surface area contributed by atoms with Gasteiger partial charge in [0.25, 0.3) is 5.91 Å². The summed E-state index contributed by atoms with van der Waals surface area (Å²) in [7, 11) is -3.67. The first kappa shape index (κ1) is 26.1. The number of hydrogen-bond donors (Lipinski definition) is 1. The van der Waals surface area contributed by atoms with E-state index in [2.05, 4.69) is 22.1 Å². The van der Waals surface area contributed by atoms with Crippen LogP contribution in [0.3, 0.4) is 0 Å². The van der Waals surface area contributed by atoms with Gasteiger partial charge in [0.2, 0.25) is 5.91 Å². The van der Waals surface area contributed by atoms with Gasteiger partial charge in [-0.25, -0.2) is 17.2 Å². The molecule has 2 amide bonds. The number of carbonyl (C=O) groups is 2. The van der Waals surface area contributed by atoms with E-state index in [-0.39, 0.29) is 34.8 Å². The molecule has 4 atom stereocenters. The fourth-order valence-electron chi connectivity index (χ4n) is 4.81. The van der Waals surface area contributed by atoms with E-state index in [1.807, 2.05) is 0 Å². The van der Waals surface area contributed by atoms with Crippen LogP contribution in [-0.2, 0) is 20.8 Å². The van der Waals surface area contributed by atoms with Gasteiger partial charge in [-0.1, -0.05) is 11.8 Å². The highest BCUT2D eigenvalue weighted by atomic mass is 32.2. The maximum atomic E-state index is 14.8. The zero-order valence-electron chi connectivity index (χ0n) is 19.7. The first-order valence-corrected chi connectivity index (χ1v) is 13.5. The molecule has 1 aliphatic heterocycles. The number of halogens is 5. The number of sulfone groups is 1. The van der Waals surface area contributed by atoms with Gasteiger partial charge in [-0.2, -0.15) is 13.2 Å². The second kappa shape index (κ2) is 9.04. The Bertz CT molecular complexity index is 1510. The van der Waals surface area contributed by atoms with Crippen LogP contribution in [0.5, 0.6) is 0 Å². The normalized spacial score (nSPS) is 23.1. The lowest BCUT2D eigenvalue weighted by Crippen LogP contribution is -2.50. The number of nitrogens with one attached hydrogen (secondary N) is 1. The molecule has 0 bridgehead atoms. The number of pyridine rings is 1. The Balaban J connectivity index is 1.42. The fourth-order valence-corrected chi connectivity index (χ4v) is 5.40. The highest BCUT2D eigenvalue weighted by Gasteiger charge is 2.50. The lowest BCUT2D eigenvalue weighted by atomic mass is 9.92. The predicted octanol–water partition coefficient (Wildman–Crippen LogP) is 3.27. The molecule has 38 heavy (non-hydrogen) atoms. The Kier molecular flexibility index (Phi) is 6.21. The van der Waals surface area contributed by atoms with Crippen LogP contribution in [0.2, 0.25) is 0 Å². The van der Waals surface area contributed by atoms with E-state index in [0.29, 0.717) is 18.9 Å². The molecule has 1 saturated heterocycles. The summed E-state index contributed by atoms with van der Waals surface area (Å²) in [6.07, 6.45) is -0.649. The molecule has 1 aromatic heterocycles. The predicted molar refractivity (Wildman–Crippen MR) is 122 cm³/mol. The second-order valence-electron chi connectivity index (χ2n) is 9.66. The van der Waals surface area contributed by atoms with E-state index in [1.54, 1.807) is 0 Å². The van der Waals surface area contributed by atoms with Crippen LogP contribution >= 0.6 is 0 Å². The largest absolute Gasteiger partial charge is 0.419 e. The lowest BCUT2D eigenvalue weighted by molar-refractivity contribution is -0.140. The number of aromatic nitrogens is 1. The summed E-state index contributed by atoms with van der Waals surface area (Å²) in [6, 6.07) is -1.13. The van der Waals surface area contributed by atoms with E-state index >= 15 is 0 Å². The Morgan fingerprint density at radius 3 is 2.39 bits per heavy atom. The average Bonchev–Trinajstić information content (AvgIpc) is 3.62. The molecule has 2 aromatic rings. The van der Waals surface area contributed by atoms with Crippen molar-refractivity contribution in [1.29, 1.82) is 0 Å². The number of nitrogens with zero attached hydrogens (tertiary/aromatic N) is 2. The summed E-state index contributed by atoms with van der Waals surface area (Å²) in [5.74, 6) is 0.696. The van der Waals surface area contributed by atoms with Crippen molar-refractivity contribution in [2.75, 3.05) is 6.26 Å². The standard InChI is InChI=1S/C25H20F5N3O4S/c1-38(36,37)15-6-14(10-31-11-15)24(35)33-20-5-4-13(20)7-21(33)23(34)32-22(12-2-3-12)16-8-19(27)17(9-18(16)26)25(28,29)30/h6,8-13,20-22H,2-3,7H2,1H3,(H,32,34)/t13-,20-,21-,22-/m1/s1. The van der Waals surface area contributed by atoms with Crippen LogP contribution in [0, 0.1) is 35.3 Å². The van der Waals surface area contributed by atoms with E-state index in [1.165, 1.54) is 11.1 Å². The van der Waals surface area contributed by atoms with Crippen molar-refractivity contribution < 1.29 is 40.0 Å². The topological polar surface area (TPSA) is 96.4 Å². The van der Waals surface area contributed by atoms with Crippen molar-refractivity contribution in [1.82, 2.24) is 15.2 Å². The first-order chi connectivity index (χ1) is 17.8. The number of benzene rings is 1. The van der Waals surface area contributed by atoms with Gasteiger partial charge in [0, 0.05) is 24.2 Å². The Morgan fingerprint density at radius 1 is 1.11 bits per heavy atom. The van der Waals surface area contributed by atoms with Gasteiger partial charge >= 0.3 is 6.18 Å². The van der Waals surface area contributed by atoms with Crippen LogP contribution in [0.15, 0.2) is 35.5 Å². The monoisotopic (exact) mass is 553 g/mol. The molecule has 1 saturated carbocycles. The summed E-state index contributed by atoms with van der Waals surface area (Å²) >= 11 is 0. The number of alkyl halides is 3. The van der Waals surface area contributed by atoms with Crippen LogP contribution in [0.4, 0.5) is 22.0 Å². The summed E-state index contributed by atoms with van der Waals surface area (Å²) < 4.78 is 91.9. The number of likely N-dealkylation sites (tertiary alicyclic amines) is 1. The van der Waals surface area contributed by atoms with Crippen LogP contribution < -0.4 is 5.32 Å². The smallest absolute Gasteiger partial charge is 0.347 e. The van der Waals surface area contributed by atoms with Gasteiger partial charge in [-0.15, -0.1) is 0 Å². The van der Waals surface area contributed by atoms with E-state index in [4.69, 9.17) is 0 Å². The van der Waals surface area contributed by atoms with Gasteiger partial charge in [0.15, 0.2) is 9.84 Å². The molecule has 2 heterocycles. The molecule has 0 spiro atoms. The molecule has 13 heteroatoms. The lowest BCUT2D eigenvalue weighted by Gasteiger charge is -2.30. The van der Waals surface area contributed by atoms with Gasteiger partial charge < -0.3 is 10.2 Å². The van der Waals surface area contributed by atoms with Crippen molar-refractivity contribution in [3.8, 4) is 11.8 Å². The Morgan fingerprint density at radius 2 is 1.82 bits per heavy atom. The molecular weight excluding hydrogens is 533 g/mol. The van der Waals surface area contributed by atoms with Crippen LogP contribution in [0.1, 0.15) is 46.8 Å². The van der Waals surface area contributed by atoms with E-state index < -0.39 is 68.7 Å².